The Kier molecular flexibility index (Phi) is 3.66. The first-order valence-corrected chi connectivity index (χ1v) is 5.97. The zero-order valence-corrected chi connectivity index (χ0v) is 10.1. The minimum atomic E-state index is 0.802. The molecule has 0 bridgehead atoms. The second-order valence-electron chi connectivity index (χ2n) is 4.18. The van der Waals surface area contributed by atoms with Gasteiger partial charge in [-0.2, -0.15) is 0 Å². The molecule has 0 saturated carbocycles. The normalized spacial score (nSPS) is 11.1. The van der Waals surface area contributed by atoms with E-state index in [0.29, 0.717) is 0 Å². The number of aromatic nitrogens is 1. The molecule has 17 heavy (non-hydrogen) atoms. The number of aryl methyl sites for hydroxylation is 1. The lowest BCUT2D eigenvalue weighted by Crippen LogP contribution is -1.90. The van der Waals surface area contributed by atoms with E-state index in [2.05, 4.69) is 42.1 Å². The molecule has 0 unspecified atom stereocenters. The van der Waals surface area contributed by atoms with Gasteiger partial charge in [0.15, 0.2) is 0 Å². The Hall–Kier alpha value is -1.96. The van der Waals surface area contributed by atoms with Crippen LogP contribution >= 0.6 is 0 Å². The van der Waals surface area contributed by atoms with Crippen molar-refractivity contribution in [3.8, 4) is 0 Å². The summed E-state index contributed by atoms with van der Waals surface area (Å²) in [5.41, 5.74) is 8.85. The van der Waals surface area contributed by atoms with Crippen molar-refractivity contribution in [1.82, 2.24) is 4.57 Å². The van der Waals surface area contributed by atoms with Crippen LogP contribution in [0, 0.1) is 0 Å². The predicted octanol–water partition coefficient (Wildman–Crippen LogP) is 3.65. The lowest BCUT2D eigenvalue weighted by atomic mass is 10.2. The summed E-state index contributed by atoms with van der Waals surface area (Å²) < 4.78 is 2.21. The summed E-state index contributed by atoms with van der Waals surface area (Å²) in [5.74, 6) is 0. The summed E-state index contributed by atoms with van der Waals surface area (Å²) in [5, 5.41) is 0. The van der Waals surface area contributed by atoms with Gasteiger partial charge in [-0.05, 0) is 35.7 Å². The Balaban J connectivity index is 2.06. The highest BCUT2D eigenvalue weighted by atomic mass is 14.9. The maximum atomic E-state index is 5.64. The molecule has 0 amide bonds. The lowest BCUT2D eigenvalue weighted by Gasteiger charge is -1.96. The fourth-order valence-corrected chi connectivity index (χ4v) is 1.75. The van der Waals surface area contributed by atoms with Gasteiger partial charge in [0.05, 0.1) is 0 Å². The van der Waals surface area contributed by atoms with E-state index < -0.39 is 0 Å². The lowest BCUT2D eigenvalue weighted by molar-refractivity contribution is 0.683. The van der Waals surface area contributed by atoms with E-state index >= 15 is 0 Å². The third-order valence-electron chi connectivity index (χ3n) is 2.66. The maximum absolute atomic E-state index is 5.64. The molecular formula is C15H18N2. The topological polar surface area (TPSA) is 30.9 Å². The van der Waals surface area contributed by atoms with E-state index in [1.165, 1.54) is 11.1 Å². The summed E-state index contributed by atoms with van der Waals surface area (Å²) in [7, 11) is 0. The number of benzene rings is 1. The summed E-state index contributed by atoms with van der Waals surface area (Å²) in [6.45, 7) is 3.26. The monoisotopic (exact) mass is 226 g/mol. The third-order valence-corrected chi connectivity index (χ3v) is 2.66. The fourth-order valence-electron chi connectivity index (χ4n) is 1.75. The Morgan fingerprint density at radius 2 is 1.76 bits per heavy atom. The van der Waals surface area contributed by atoms with Crippen molar-refractivity contribution in [3.05, 3.63) is 53.9 Å². The highest BCUT2D eigenvalue weighted by molar-refractivity contribution is 5.70. The highest BCUT2D eigenvalue weighted by Gasteiger charge is 1.92. The van der Waals surface area contributed by atoms with Crippen LogP contribution < -0.4 is 5.73 Å². The van der Waals surface area contributed by atoms with Crippen molar-refractivity contribution >= 4 is 17.8 Å². The third kappa shape index (κ3) is 3.25. The van der Waals surface area contributed by atoms with Gasteiger partial charge in [-0.1, -0.05) is 31.2 Å². The van der Waals surface area contributed by atoms with Crippen LogP contribution in [-0.2, 0) is 6.54 Å². The quantitative estimate of drug-likeness (QED) is 0.793. The average molecular weight is 226 g/mol. The van der Waals surface area contributed by atoms with Gasteiger partial charge in [0.2, 0.25) is 0 Å². The first-order valence-electron chi connectivity index (χ1n) is 5.97. The van der Waals surface area contributed by atoms with Crippen molar-refractivity contribution < 1.29 is 0 Å². The zero-order chi connectivity index (χ0) is 12.1. The number of nitrogens with two attached hydrogens (primary N) is 1. The number of nitrogens with zero attached hydrogens (tertiary/aromatic N) is 1. The van der Waals surface area contributed by atoms with Gasteiger partial charge in [-0.3, -0.25) is 0 Å². The molecule has 0 atom stereocenters. The van der Waals surface area contributed by atoms with Crippen molar-refractivity contribution in [1.29, 1.82) is 0 Å². The van der Waals surface area contributed by atoms with Crippen LogP contribution in [0.25, 0.3) is 12.2 Å². The van der Waals surface area contributed by atoms with E-state index in [-0.39, 0.29) is 0 Å². The van der Waals surface area contributed by atoms with E-state index in [1.807, 2.05) is 24.3 Å². The second kappa shape index (κ2) is 5.39. The number of anilines is 1. The molecule has 1 aromatic heterocycles. The SMILES string of the molecule is CCCn1ccc(/C=C/c2ccc(N)cc2)c1. The van der Waals surface area contributed by atoms with E-state index in [9.17, 15) is 0 Å². The number of rotatable bonds is 4. The van der Waals surface area contributed by atoms with E-state index in [1.54, 1.807) is 0 Å². The van der Waals surface area contributed by atoms with Gasteiger partial charge >= 0.3 is 0 Å². The molecule has 2 nitrogen and oxygen atoms in total. The Bertz CT molecular complexity index is 492. The van der Waals surface area contributed by atoms with E-state index in [4.69, 9.17) is 5.73 Å². The van der Waals surface area contributed by atoms with Crippen LogP contribution in [0.5, 0.6) is 0 Å². The molecule has 2 rings (SSSR count). The predicted molar refractivity (Wildman–Crippen MR) is 74.5 cm³/mol. The van der Waals surface area contributed by atoms with Crippen molar-refractivity contribution in [2.75, 3.05) is 5.73 Å². The molecule has 2 heteroatoms. The number of nitrogen functional groups attached to an aromatic ring is 1. The molecule has 1 heterocycles. The zero-order valence-electron chi connectivity index (χ0n) is 10.1. The van der Waals surface area contributed by atoms with Gasteiger partial charge in [0.1, 0.15) is 0 Å². The molecule has 0 saturated heterocycles. The Morgan fingerprint density at radius 3 is 2.47 bits per heavy atom. The summed E-state index contributed by atoms with van der Waals surface area (Å²) in [4.78, 5) is 0. The van der Waals surface area contributed by atoms with E-state index in [0.717, 1.165) is 18.7 Å². The van der Waals surface area contributed by atoms with Crippen LogP contribution in [0.15, 0.2) is 42.7 Å². The van der Waals surface area contributed by atoms with Crippen molar-refractivity contribution in [2.24, 2.45) is 0 Å². The average Bonchev–Trinajstić information content (AvgIpc) is 2.77. The first kappa shape index (κ1) is 11.5. The molecule has 0 spiro atoms. The van der Waals surface area contributed by atoms with Crippen molar-refractivity contribution in [2.45, 2.75) is 19.9 Å². The van der Waals surface area contributed by atoms with Crippen LogP contribution in [0.4, 0.5) is 5.69 Å². The maximum Gasteiger partial charge on any atom is 0.0314 e. The van der Waals surface area contributed by atoms with Gasteiger partial charge in [0.25, 0.3) is 0 Å². The number of hydrogen-bond donors (Lipinski definition) is 1. The standard InChI is InChI=1S/C15H18N2/c1-2-10-17-11-9-14(12-17)4-3-13-5-7-15(16)8-6-13/h3-9,11-12H,2,10,16H2,1H3/b4-3+. The van der Waals surface area contributed by atoms with Gasteiger partial charge in [-0.25, -0.2) is 0 Å². The van der Waals surface area contributed by atoms with Gasteiger partial charge in [-0.15, -0.1) is 0 Å². The minimum absolute atomic E-state index is 0.802. The smallest absolute Gasteiger partial charge is 0.0314 e. The summed E-state index contributed by atoms with van der Waals surface area (Å²) in [6, 6.07) is 10.0. The van der Waals surface area contributed by atoms with Crippen LogP contribution in [-0.4, -0.2) is 4.57 Å². The molecule has 2 aromatic rings. The summed E-state index contributed by atoms with van der Waals surface area (Å²) >= 11 is 0. The van der Waals surface area contributed by atoms with Crippen LogP contribution in [0.2, 0.25) is 0 Å². The molecule has 88 valence electrons. The van der Waals surface area contributed by atoms with Crippen LogP contribution in [0.1, 0.15) is 24.5 Å². The molecule has 0 aliphatic rings. The Labute approximate surface area is 102 Å². The second-order valence-corrected chi connectivity index (χ2v) is 4.18. The Morgan fingerprint density at radius 1 is 1.06 bits per heavy atom. The molecule has 0 aliphatic carbocycles. The molecule has 0 aliphatic heterocycles. The first-order chi connectivity index (χ1) is 8.28. The molecular weight excluding hydrogens is 208 g/mol. The molecule has 1 aromatic carbocycles. The number of hydrogen-bond acceptors (Lipinski definition) is 1. The highest BCUT2D eigenvalue weighted by Crippen LogP contribution is 2.11. The van der Waals surface area contributed by atoms with Gasteiger partial charge < -0.3 is 10.3 Å². The molecule has 2 N–H and O–H groups in total. The molecule has 0 fully saturated rings. The minimum Gasteiger partial charge on any atom is -0.399 e. The van der Waals surface area contributed by atoms with Crippen molar-refractivity contribution in [3.63, 3.8) is 0 Å². The largest absolute Gasteiger partial charge is 0.399 e. The van der Waals surface area contributed by atoms with Gasteiger partial charge in [0, 0.05) is 24.6 Å². The molecule has 0 radical (unpaired) electrons. The van der Waals surface area contributed by atoms with Crippen LogP contribution in [0.3, 0.4) is 0 Å². The fraction of sp³-hybridized carbons (Fsp3) is 0.200. The summed E-state index contributed by atoms with van der Waals surface area (Å²) in [6.07, 6.45) is 9.67.